The summed E-state index contributed by atoms with van der Waals surface area (Å²) >= 11 is 0. The average Bonchev–Trinajstić information content (AvgIpc) is 2.39. The number of carbonyl (C=O) groups is 1. The summed E-state index contributed by atoms with van der Waals surface area (Å²) < 4.78 is 4.83. The second kappa shape index (κ2) is 5.33. The first-order chi connectivity index (χ1) is 8.70. The quantitative estimate of drug-likeness (QED) is 0.868. The van der Waals surface area contributed by atoms with Crippen molar-refractivity contribution in [2.24, 2.45) is 5.73 Å². The Morgan fingerprint density at radius 2 is 1.89 bits per heavy atom. The van der Waals surface area contributed by atoms with Gasteiger partial charge in [0.2, 0.25) is 0 Å². The monoisotopic (exact) mass is 243 g/mol. The highest BCUT2D eigenvalue weighted by atomic mass is 16.5. The molecule has 1 amide bonds. The fraction of sp³-hybridized carbons (Fsp3) is 0.0714. The summed E-state index contributed by atoms with van der Waals surface area (Å²) in [5, 5.41) is 9.32. The molecule has 2 rings (SSSR count). The van der Waals surface area contributed by atoms with E-state index in [1.54, 1.807) is 18.2 Å². The van der Waals surface area contributed by atoms with E-state index in [9.17, 15) is 9.90 Å². The summed E-state index contributed by atoms with van der Waals surface area (Å²) in [6.07, 6.45) is -0.856. The summed E-state index contributed by atoms with van der Waals surface area (Å²) in [6.45, 7) is -0.0823. The number of hydrogen-bond acceptors (Lipinski definition) is 3. The predicted molar refractivity (Wildman–Crippen MR) is 68.0 cm³/mol. The molecule has 0 atom stereocenters. The minimum absolute atomic E-state index is 0.0823. The number of rotatable bonds is 3. The second-order valence-corrected chi connectivity index (χ2v) is 3.76. The zero-order valence-electron chi connectivity index (χ0n) is 9.67. The van der Waals surface area contributed by atoms with Gasteiger partial charge in [0, 0.05) is 0 Å². The Labute approximate surface area is 105 Å². The van der Waals surface area contributed by atoms with E-state index in [-0.39, 0.29) is 6.61 Å². The minimum Gasteiger partial charge on any atom is -0.410 e. The molecule has 0 aliphatic heterocycles. The van der Waals surface area contributed by atoms with Crippen molar-refractivity contribution >= 4 is 6.09 Å². The fourth-order valence-corrected chi connectivity index (χ4v) is 1.76. The fourth-order valence-electron chi connectivity index (χ4n) is 1.76. The molecular weight excluding hydrogens is 230 g/mol. The first-order valence-electron chi connectivity index (χ1n) is 5.47. The predicted octanol–water partition coefficient (Wildman–Crippen LogP) is 2.30. The van der Waals surface area contributed by atoms with Crippen LogP contribution >= 0.6 is 0 Å². The average molecular weight is 243 g/mol. The van der Waals surface area contributed by atoms with Gasteiger partial charge in [0.1, 0.15) is 5.75 Å². The Balaban J connectivity index is 2.46. The van der Waals surface area contributed by atoms with Crippen molar-refractivity contribution in [2.45, 2.75) is 6.61 Å². The molecule has 0 aliphatic rings. The van der Waals surface area contributed by atoms with Crippen molar-refractivity contribution < 1.29 is 14.6 Å². The maximum atomic E-state index is 10.7. The molecule has 92 valence electrons. The summed E-state index contributed by atoms with van der Waals surface area (Å²) in [5.41, 5.74) is 7.49. The highest BCUT2D eigenvalue weighted by molar-refractivity contribution is 5.72. The van der Waals surface area contributed by atoms with Crippen molar-refractivity contribution in [3.05, 3.63) is 54.1 Å². The molecular formula is C14H13NO3. The van der Waals surface area contributed by atoms with Crippen molar-refractivity contribution in [1.29, 1.82) is 0 Å². The third-order valence-corrected chi connectivity index (χ3v) is 2.55. The van der Waals surface area contributed by atoms with Gasteiger partial charge in [0.25, 0.3) is 0 Å². The number of ether oxygens (including phenoxy) is 1. The number of benzene rings is 2. The molecule has 0 unspecified atom stereocenters. The van der Waals surface area contributed by atoms with Gasteiger partial charge in [-0.1, -0.05) is 36.4 Å². The molecule has 0 saturated carbocycles. The third-order valence-electron chi connectivity index (χ3n) is 2.55. The van der Waals surface area contributed by atoms with Crippen LogP contribution in [0.4, 0.5) is 4.79 Å². The van der Waals surface area contributed by atoms with Crippen LogP contribution in [0.3, 0.4) is 0 Å². The van der Waals surface area contributed by atoms with E-state index < -0.39 is 6.09 Å². The van der Waals surface area contributed by atoms with Gasteiger partial charge in [-0.3, -0.25) is 0 Å². The molecule has 0 aromatic heterocycles. The van der Waals surface area contributed by atoms with Crippen LogP contribution in [0.5, 0.6) is 5.75 Å². The SMILES string of the molecule is NC(=O)Oc1ccc(CO)c(-c2ccccc2)c1. The van der Waals surface area contributed by atoms with Crippen LogP contribution in [0.1, 0.15) is 5.56 Å². The molecule has 18 heavy (non-hydrogen) atoms. The first-order valence-corrected chi connectivity index (χ1v) is 5.47. The van der Waals surface area contributed by atoms with Gasteiger partial charge in [-0.25, -0.2) is 4.79 Å². The summed E-state index contributed by atoms with van der Waals surface area (Å²) in [6, 6.07) is 14.5. The molecule has 4 heteroatoms. The number of aliphatic hydroxyl groups is 1. The minimum atomic E-state index is -0.856. The number of carbonyl (C=O) groups excluding carboxylic acids is 1. The molecule has 0 aliphatic carbocycles. The lowest BCUT2D eigenvalue weighted by Gasteiger charge is -2.10. The zero-order valence-corrected chi connectivity index (χ0v) is 9.67. The highest BCUT2D eigenvalue weighted by Gasteiger charge is 2.07. The Morgan fingerprint density at radius 1 is 1.17 bits per heavy atom. The lowest BCUT2D eigenvalue weighted by molar-refractivity contribution is 0.211. The molecule has 0 heterocycles. The Morgan fingerprint density at radius 3 is 2.50 bits per heavy atom. The topological polar surface area (TPSA) is 72.6 Å². The summed E-state index contributed by atoms with van der Waals surface area (Å²) in [7, 11) is 0. The number of nitrogens with two attached hydrogens (primary N) is 1. The molecule has 2 aromatic carbocycles. The first kappa shape index (κ1) is 12.1. The molecule has 0 bridgehead atoms. The van der Waals surface area contributed by atoms with Crippen LogP contribution in [0, 0.1) is 0 Å². The van der Waals surface area contributed by atoms with E-state index >= 15 is 0 Å². The van der Waals surface area contributed by atoms with Crippen LogP contribution in [0.2, 0.25) is 0 Å². The van der Waals surface area contributed by atoms with Gasteiger partial charge in [-0.2, -0.15) is 0 Å². The molecule has 0 radical (unpaired) electrons. The maximum absolute atomic E-state index is 10.7. The Kier molecular flexibility index (Phi) is 3.60. The molecule has 2 aromatic rings. The molecule has 0 fully saturated rings. The van der Waals surface area contributed by atoms with E-state index in [1.165, 1.54) is 0 Å². The Hall–Kier alpha value is -2.33. The third kappa shape index (κ3) is 2.67. The van der Waals surface area contributed by atoms with E-state index in [2.05, 4.69) is 0 Å². The van der Waals surface area contributed by atoms with Crippen LogP contribution in [0.15, 0.2) is 48.5 Å². The van der Waals surface area contributed by atoms with E-state index in [4.69, 9.17) is 10.5 Å². The Bertz CT molecular complexity index is 552. The van der Waals surface area contributed by atoms with Crippen molar-refractivity contribution in [3.63, 3.8) is 0 Å². The molecule has 0 saturated heterocycles. The summed E-state index contributed by atoms with van der Waals surface area (Å²) in [5.74, 6) is 0.360. The van der Waals surface area contributed by atoms with Gasteiger partial charge in [0.05, 0.1) is 6.61 Å². The standard InChI is InChI=1S/C14H13NO3/c15-14(17)18-12-7-6-11(9-16)13(8-12)10-4-2-1-3-5-10/h1-8,16H,9H2,(H2,15,17). The smallest absolute Gasteiger partial charge is 0.409 e. The lowest BCUT2D eigenvalue weighted by atomic mass is 10.00. The lowest BCUT2D eigenvalue weighted by Crippen LogP contribution is -2.16. The normalized spacial score (nSPS) is 10.1. The van der Waals surface area contributed by atoms with Crippen molar-refractivity contribution in [1.82, 2.24) is 0 Å². The molecule has 3 N–H and O–H groups in total. The zero-order chi connectivity index (χ0) is 13.0. The van der Waals surface area contributed by atoms with Crippen LogP contribution in [-0.4, -0.2) is 11.2 Å². The van der Waals surface area contributed by atoms with Gasteiger partial charge >= 0.3 is 6.09 Å². The van der Waals surface area contributed by atoms with Crippen molar-refractivity contribution in [3.8, 4) is 16.9 Å². The van der Waals surface area contributed by atoms with Crippen LogP contribution in [0.25, 0.3) is 11.1 Å². The number of amides is 1. The van der Waals surface area contributed by atoms with Gasteiger partial charge in [-0.15, -0.1) is 0 Å². The number of hydrogen-bond donors (Lipinski definition) is 2. The van der Waals surface area contributed by atoms with Gasteiger partial charge in [-0.05, 0) is 28.8 Å². The largest absolute Gasteiger partial charge is 0.410 e. The maximum Gasteiger partial charge on any atom is 0.409 e. The summed E-state index contributed by atoms with van der Waals surface area (Å²) in [4.78, 5) is 10.7. The van der Waals surface area contributed by atoms with Gasteiger partial charge < -0.3 is 15.6 Å². The van der Waals surface area contributed by atoms with Crippen molar-refractivity contribution in [2.75, 3.05) is 0 Å². The highest BCUT2D eigenvalue weighted by Crippen LogP contribution is 2.28. The molecule has 0 spiro atoms. The molecule has 4 nitrogen and oxygen atoms in total. The van der Waals surface area contributed by atoms with Gasteiger partial charge in [0.15, 0.2) is 0 Å². The van der Waals surface area contributed by atoms with E-state index in [0.717, 1.165) is 16.7 Å². The van der Waals surface area contributed by atoms with E-state index in [1.807, 2.05) is 30.3 Å². The number of aliphatic hydroxyl groups excluding tert-OH is 1. The number of primary amides is 1. The van der Waals surface area contributed by atoms with Crippen LogP contribution < -0.4 is 10.5 Å². The van der Waals surface area contributed by atoms with E-state index in [0.29, 0.717) is 5.75 Å². The second-order valence-electron chi connectivity index (χ2n) is 3.76. The van der Waals surface area contributed by atoms with Crippen LogP contribution in [-0.2, 0) is 6.61 Å².